The molecule has 1 heterocycles. The van der Waals surface area contributed by atoms with E-state index in [2.05, 4.69) is 25.9 Å². The third kappa shape index (κ3) is 5.84. The van der Waals surface area contributed by atoms with Crippen molar-refractivity contribution in [1.82, 2.24) is 4.90 Å². The standard InChI is InChI=1S/C11H23NO.ClH/c1-4-5-6-7-10(12(2)3)8-11-9-13-11;/h10-11H,4-9H2,1-3H3;1H. The van der Waals surface area contributed by atoms with Gasteiger partial charge in [-0.25, -0.2) is 0 Å². The number of rotatable bonds is 7. The van der Waals surface area contributed by atoms with Gasteiger partial charge < -0.3 is 9.64 Å². The molecule has 0 aromatic carbocycles. The summed E-state index contributed by atoms with van der Waals surface area (Å²) in [6.45, 7) is 3.26. The zero-order valence-electron chi connectivity index (χ0n) is 9.66. The van der Waals surface area contributed by atoms with Crippen LogP contribution in [0.5, 0.6) is 0 Å². The SMILES string of the molecule is CCCCCC(CC1CO1)N(C)C.Cl. The van der Waals surface area contributed by atoms with Crippen molar-refractivity contribution in [2.75, 3.05) is 20.7 Å². The highest BCUT2D eigenvalue weighted by atomic mass is 35.5. The molecule has 2 unspecified atom stereocenters. The smallest absolute Gasteiger partial charge is 0.0824 e. The summed E-state index contributed by atoms with van der Waals surface area (Å²) in [4.78, 5) is 2.34. The summed E-state index contributed by atoms with van der Waals surface area (Å²) in [5.74, 6) is 0. The summed E-state index contributed by atoms with van der Waals surface area (Å²) >= 11 is 0. The molecule has 2 nitrogen and oxygen atoms in total. The van der Waals surface area contributed by atoms with E-state index < -0.39 is 0 Å². The lowest BCUT2D eigenvalue weighted by Gasteiger charge is -2.23. The predicted octanol–water partition coefficient (Wildman–Crippen LogP) is 2.71. The van der Waals surface area contributed by atoms with Crippen LogP contribution in [-0.2, 0) is 4.74 Å². The normalized spacial score (nSPS) is 21.9. The second-order valence-electron chi connectivity index (χ2n) is 4.30. The highest BCUT2D eigenvalue weighted by molar-refractivity contribution is 5.85. The Kier molecular flexibility index (Phi) is 7.61. The molecule has 1 aliphatic heterocycles. The molecule has 1 rings (SSSR count). The van der Waals surface area contributed by atoms with Gasteiger partial charge in [0.05, 0.1) is 12.7 Å². The van der Waals surface area contributed by atoms with E-state index in [9.17, 15) is 0 Å². The zero-order valence-corrected chi connectivity index (χ0v) is 10.5. The van der Waals surface area contributed by atoms with Gasteiger partial charge in [0.2, 0.25) is 0 Å². The van der Waals surface area contributed by atoms with Crippen LogP contribution in [0.3, 0.4) is 0 Å². The Morgan fingerprint density at radius 1 is 1.36 bits per heavy atom. The third-order valence-corrected chi connectivity index (χ3v) is 2.81. The molecule has 0 aliphatic carbocycles. The molecule has 0 radical (unpaired) electrons. The van der Waals surface area contributed by atoms with Crippen LogP contribution in [0.1, 0.15) is 39.0 Å². The van der Waals surface area contributed by atoms with E-state index in [0.717, 1.165) is 12.6 Å². The molecule has 0 saturated carbocycles. The van der Waals surface area contributed by atoms with Gasteiger partial charge in [-0.05, 0) is 26.9 Å². The largest absolute Gasteiger partial charge is 0.373 e. The maximum absolute atomic E-state index is 5.27. The monoisotopic (exact) mass is 221 g/mol. The first-order chi connectivity index (χ1) is 6.24. The summed E-state index contributed by atoms with van der Waals surface area (Å²) in [7, 11) is 4.36. The number of hydrogen-bond donors (Lipinski definition) is 0. The van der Waals surface area contributed by atoms with Crippen LogP contribution < -0.4 is 0 Å². The van der Waals surface area contributed by atoms with Crippen molar-refractivity contribution in [3.8, 4) is 0 Å². The Hall–Kier alpha value is 0.210. The topological polar surface area (TPSA) is 15.8 Å². The van der Waals surface area contributed by atoms with Crippen molar-refractivity contribution in [1.29, 1.82) is 0 Å². The first kappa shape index (κ1) is 14.2. The van der Waals surface area contributed by atoms with Gasteiger partial charge in [-0.15, -0.1) is 12.4 Å². The zero-order chi connectivity index (χ0) is 9.68. The maximum atomic E-state index is 5.27. The van der Waals surface area contributed by atoms with Crippen LogP contribution >= 0.6 is 12.4 Å². The van der Waals surface area contributed by atoms with E-state index in [1.807, 2.05) is 0 Å². The van der Waals surface area contributed by atoms with Gasteiger partial charge in [0.15, 0.2) is 0 Å². The molecule has 0 spiro atoms. The number of unbranched alkanes of at least 4 members (excludes halogenated alkanes) is 2. The van der Waals surface area contributed by atoms with Crippen molar-refractivity contribution in [3.05, 3.63) is 0 Å². The average molecular weight is 222 g/mol. The molecule has 86 valence electrons. The minimum Gasteiger partial charge on any atom is -0.373 e. The van der Waals surface area contributed by atoms with E-state index in [4.69, 9.17) is 4.74 Å². The van der Waals surface area contributed by atoms with Gasteiger partial charge >= 0.3 is 0 Å². The fourth-order valence-corrected chi connectivity index (χ4v) is 1.72. The first-order valence-corrected chi connectivity index (χ1v) is 5.52. The number of nitrogens with zero attached hydrogens (tertiary/aromatic N) is 1. The highest BCUT2D eigenvalue weighted by Gasteiger charge is 2.27. The van der Waals surface area contributed by atoms with E-state index in [-0.39, 0.29) is 12.4 Å². The van der Waals surface area contributed by atoms with E-state index >= 15 is 0 Å². The lowest BCUT2D eigenvalue weighted by molar-refractivity contribution is 0.235. The second-order valence-corrected chi connectivity index (χ2v) is 4.30. The van der Waals surface area contributed by atoms with Crippen LogP contribution in [0.4, 0.5) is 0 Å². The van der Waals surface area contributed by atoms with Crippen molar-refractivity contribution in [2.24, 2.45) is 0 Å². The summed E-state index contributed by atoms with van der Waals surface area (Å²) in [5, 5.41) is 0. The summed E-state index contributed by atoms with van der Waals surface area (Å²) in [6.07, 6.45) is 7.20. The van der Waals surface area contributed by atoms with Crippen LogP contribution in [0, 0.1) is 0 Å². The number of halogens is 1. The van der Waals surface area contributed by atoms with Gasteiger partial charge in [-0.3, -0.25) is 0 Å². The Morgan fingerprint density at radius 3 is 2.43 bits per heavy atom. The summed E-state index contributed by atoms with van der Waals surface area (Å²) < 4.78 is 5.27. The summed E-state index contributed by atoms with van der Waals surface area (Å²) in [6, 6.07) is 0.735. The molecule has 0 aromatic rings. The molecular weight excluding hydrogens is 198 g/mol. The Morgan fingerprint density at radius 2 is 2.00 bits per heavy atom. The van der Waals surface area contributed by atoms with Gasteiger partial charge in [-0.1, -0.05) is 26.2 Å². The predicted molar refractivity (Wildman–Crippen MR) is 63.2 cm³/mol. The fourth-order valence-electron chi connectivity index (χ4n) is 1.72. The molecule has 0 aromatic heterocycles. The molecule has 3 heteroatoms. The van der Waals surface area contributed by atoms with Crippen LogP contribution in [0.15, 0.2) is 0 Å². The Labute approximate surface area is 94.4 Å². The molecule has 2 atom stereocenters. The van der Waals surface area contributed by atoms with Gasteiger partial charge in [0, 0.05) is 6.04 Å². The van der Waals surface area contributed by atoms with Crippen molar-refractivity contribution in [3.63, 3.8) is 0 Å². The highest BCUT2D eigenvalue weighted by Crippen LogP contribution is 2.21. The average Bonchev–Trinajstić information content (AvgIpc) is 2.86. The third-order valence-electron chi connectivity index (χ3n) is 2.81. The van der Waals surface area contributed by atoms with E-state index in [1.165, 1.54) is 32.1 Å². The first-order valence-electron chi connectivity index (χ1n) is 5.52. The number of ether oxygens (including phenoxy) is 1. The van der Waals surface area contributed by atoms with E-state index in [1.54, 1.807) is 0 Å². The van der Waals surface area contributed by atoms with Crippen molar-refractivity contribution in [2.45, 2.75) is 51.2 Å². The molecule has 1 fully saturated rings. The molecule has 0 N–H and O–H groups in total. The van der Waals surface area contributed by atoms with Crippen LogP contribution in [-0.4, -0.2) is 37.7 Å². The Balaban J connectivity index is 0.00000169. The maximum Gasteiger partial charge on any atom is 0.0824 e. The van der Waals surface area contributed by atoms with Crippen molar-refractivity contribution >= 4 is 12.4 Å². The quantitative estimate of drug-likeness (QED) is 0.486. The minimum atomic E-state index is 0. The lowest BCUT2D eigenvalue weighted by atomic mass is 10.0. The molecule has 14 heavy (non-hydrogen) atoms. The molecular formula is C11H24ClNO. The Bertz CT molecular complexity index is 137. The van der Waals surface area contributed by atoms with Crippen LogP contribution in [0.2, 0.25) is 0 Å². The molecule has 0 amide bonds. The second kappa shape index (κ2) is 7.49. The van der Waals surface area contributed by atoms with Crippen molar-refractivity contribution < 1.29 is 4.74 Å². The van der Waals surface area contributed by atoms with E-state index in [0.29, 0.717) is 6.10 Å². The van der Waals surface area contributed by atoms with Gasteiger partial charge in [0.25, 0.3) is 0 Å². The number of hydrogen-bond acceptors (Lipinski definition) is 2. The molecule has 0 bridgehead atoms. The lowest BCUT2D eigenvalue weighted by Crippen LogP contribution is -2.29. The van der Waals surface area contributed by atoms with Gasteiger partial charge in [-0.2, -0.15) is 0 Å². The van der Waals surface area contributed by atoms with Gasteiger partial charge in [0.1, 0.15) is 0 Å². The fraction of sp³-hybridized carbons (Fsp3) is 1.00. The molecule has 1 aliphatic rings. The van der Waals surface area contributed by atoms with Crippen LogP contribution in [0.25, 0.3) is 0 Å². The molecule has 1 saturated heterocycles. The number of epoxide rings is 1. The minimum absolute atomic E-state index is 0. The summed E-state index contributed by atoms with van der Waals surface area (Å²) in [5.41, 5.74) is 0.